The Balaban J connectivity index is 1.27. The first-order valence-corrected chi connectivity index (χ1v) is 12.8. The van der Waals surface area contributed by atoms with Gasteiger partial charge in [-0.25, -0.2) is 0 Å². The lowest BCUT2D eigenvalue weighted by Gasteiger charge is -2.20. The second-order valence-electron chi connectivity index (χ2n) is 9.81. The third-order valence-electron chi connectivity index (χ3n) is 7.46. The zero-order chi connectivity index (χ0) is 25.4. The molecular formula is C34H29NO2. The molecule has 0 saturated heterocycles. The molecule has 0 radical (unpaired) electrons. The Morgan fingerprint density at radius 3 is 1.59 bits per heavy atom. The summed E-state index contributed by atoms with van der Waals surface area (Å²) in [6.07, 6.45) is 4.45. The smallest absolute Gasteiger partial charge is 0.124 e. The van der Waals surface area contributed by atoms with Gasteiger partial charge in [-0.2, -0.15) is 0 Å². The van der Waals surface area contributed by atoms with Crippen LogP contribution in [0.25, 0.3) is 44.5 Å². The summed E-state index contributed by atoms with van der Waals surface area (Å²) in [5.41, 5.74) is 16.9. The zero-order valence-corrected chi connectivity index (χ0v) is 20.6. The Morgan fingerprint density at radius 2 is 0.973 bits per heavy atom. The monoisotopic (exact) mass is 483 g/mol. The van der Waals surface area contributed by atoms with E-state index in [1.54, 1.807) is 12.1 Å². The number of phenolic OH excluding ortho intramolecular Hbond substituents is 2. The normalized spacial score (nSPS) is 12.8. The Kier molecular flexibility index (Phi) is 5.90. The summed E-state index contributed by atoms with van der Waals surface area (Å²) in [6.45, 7) is 0. The molecule has 0 fully saturated rings. The molecule has 3 nitrogen and oxygen atoms in total. The number of hydrogen-bond acceptors (Lipinski definition) is 3. The molecule has 5 aromatic rings. The van der Waals surface area contributed by atoms with E-state index in [1.165, 1.54) is 17.5 Å². The van der Waals surface area contributed by atoms with Crippen molar-refractivity contribution in [2.45, 2.75) is 25.7 Å². The molecule has 6 rings (SSSR count). The van der Waals surface area contributed by atoms with Crippen LogP contribution in [-0.4, -0.2) is 10.2 Å². The van der Waals surface area contributed by atoms with Crippen LogP contribution in [0.15, 0.2) is 103 Å². The third-order valence-corrected chi connectivity index (χ3v) is 7.46. The lowest BCUT2D eigenvalue weighted by atomic mass is 9.85. The number of phenols is 2. The van der Waals surface area contributed by atoms with Gasteiger partial charge in [0.25, 0.3) is 0 Å². The van der Waals surface area contributed by atoms with Crippen molar-refractivity contribution in [1.82, 2.24) is 0 Å². The second-order valence-corrected chi connectivity index (χ2v) is 9.81. The summed E-state index contributed by atoms with van der Waals surface area (Å²) in [7, 11) is 0. The van der Waals surface area contributed by atoms with Gasteiger partial charge in [0, 0.05) is 16.8 Å². The number of aryl methyl sites for hydroxylation is 1. The molecule has 0 heterocycles. The fraction of sp³-hybridized carbons (Fsp3) is 0.118. The van der Waals surface area contributed by atoms with Crippen molar-refractivity contribution >= 4 is 5.69 Å². The van der Waals surface area contributed by atoms with Crippen LogP contribution in [-0.2, 0) is 12.8 Å². The Hall–Kier alpha value is -4.50. The predicted octanol–water partition coefficient (Wildman–Crippen LogP) is 8.23. The van der Waals surface area contributed by atoms with E-state index in [9.17, 15) is 10.2 Å². The highest BCUT2D eigenvalue weighted by atomic mass is 16.3. The molecule has 0 atom stereocenters. The van der Waals surface area contributed by atoms with Crippen LogP contribution in [0.2, 0.25) is 0 Å². The van der Waals surface area contributed by atoms with Gasteiger partial charge in [0.1, 0.15) is 11.5 Å². The van der Waals surface area contributed by atoms with E-state index in [-0.39, 0.29) is 11.5 Å². The summed E-state index contributed by atoms with van der Waals surface area (Å²) in [4.78, 5) is 0. The number of anilines is 1. The number of hydrogen-bond donors (Lipinski definition) is 3. The highest BCUT2D eigenvalue weighted by Gasteiger charge is 2.18. The van der Waals surface area contributed by atoms with Crippen molar-refractivity contribution in [3.8, 4) is 56.0 Å². The molecule has 4 N–H and O–H groups in total. The number of benzene rings is 5. The van der Waals surface area contributed by atoms with E-state index in [1.807, 2.05) is 60.7 Å². The minimum Gasteiger partial charge on any atom is -0.507 e. The standard InChI is InChI=1S/C34H29NO2/c35-28-18-16-25(17-19-28)23-10-8-22(9-11-23)24-12-14-27(15-13-24)31-20-34(37)32(21-33(31)36)30-7-3-5-26-4-1-2-6-29(26)30/h3,5,7-21,36-37H,1-2,4,6,35H2. The van der Waals surface area contributed by atoms with Crippen molar-refractivity contribution in [3.05, 3.63) is 114 Å². The molecule has 0 aromatic heterocycles. The van der Waals surface area contributed by atoms with Gasteiger partial charge in [0.15, 0.2) is 0 Å². The van der Waals surface area contributed by atoms with Crippen LogP contribution < -0.4 is 5.73 Å². The Bertz CT molecular complexity index is 1570. The highest BCUT2D eigenvalue weighted by Crippen LogP contribution is 2.42. The molecule has 182 valence electrons. The molecule has 3 heteroatoms. The van der Waals surface area contributed by atoms with Crippen molar-refractivity contribution < 1.29 is 10.2 Å². The molecule has 0 aliphatic heterocycles. The lowest BCUT2D eigenvalue weighted by Crippen LogP contribution is -2.04. The number of rotatable bonds is 4. The molecule has 0 spiro atoms. The van der Waals surface area contributed by atoms with Crippen LogP contribution in [0.4, 0.5) is 5.69 Å². The maximum atomic E-state index is 11.0. The van der Waals surface area contributed by atoms with Gasteiger partial charge < -0.3 is 15.9 Å². The number of fused-ring (bicyclic) bond motifs is 1. The number of nitrogen functional groups attached to an aromatic ring is 1. The van der Waals surface area contributed by atoms with Crippen molar-refractivity contribution in [2.75, 3.05) is 5.73 Å². The first-order chi connectivity index (χ1) is 18.1. The SMILES string of the molecule is Nc1ccc(-c2ccc(-c3ccc(-c4cc(O)c(-c5cccc6c5CCCC6)cc4O)cc3)cc2)cc1. The maximum absolute atomic E-state index is 11.0. The van der Waals surface area contributed by atoms with Crippen LogP contribution in [0.1, 0.15) is 24.0 Å². The zero-order valence-electron chi connectivity index (χ0n) is 20.6. The van der Waals surface area contributed by atoms with Gasteiger partial charge in [-0.05, 0) is 94.5 Å². The average Bonchev–Trinajstić information content (AvgIpc) is 2.94. The fourth-order valence-electron chi connectivity index (χ4n) is 5.43. The summed E-state index contributed by atoms with van der Waals surface area (Å²) in [5.74, 6) is 0.357. The quantitative estimate of drug-likeness (QED) is 0.178. The average molecular weight is 484 g/mol. The molecule has 0 unspecified atom stereocenters. The first kappa shape index (κ1) is 22.9. The van der Waals surface area contributed by atoms with Gasteiger partial charge in [0.2, 0.25) is 0 Å². The molecular weight excluding hydrogens is 454 g/mol. The molecule has 1 aliphatic carbocycles. The molecule has 0 saturated carbocycles. The van der Waals surface area contributed by atoms with E-state index >= 15 is 0 Å². The van der Waals surface area contributed by atoms with Gasteiger partial charge in [0.05, 0.1) is 0 Å². The fourth-order valence-corrected chi connectivity index (χ4v) is 5.43. The van der Waals surface area contributed by atoms with Crippen molar-refractivity contribution in [1.29, 1.82) is 0 Å². The highest BCUT2D eigenvalue weighted by molar-refractivity contribution is 5.83. The third kappa shape index (κ3) is 4.45. The molecule has 37 heavy (non-hydrogen) atoms. The molecule has 0 amide bonds. The van der Waals surface area contributed by atoms with E-state index in [4.69, 9.17) is 5.73 Å². The minimum absolute atomic E-state index is 0.168. The molecule has 5 aromatic carbocycles. The van der Waals surface area contributed by atoms with Crippen LogP contribution >= 0.6 is 0 Å². The van der Waals surface area contributed by atoms with E-state index in [2.05, 4.69) is 30.3 Å². The Labute approximate surface area is 217 Å². The summed E-state index contributed by atoms with van der Waals surface area (Å²) >= 11 is 0. The number of aromatic hydroxyl groups is 2. The Morgan fingerprint density at radius 1 is 0.486 bits per heavy atom. The summed E-state index contributed by atoms with van der Waals surface area (Å²) in [5, 5.41) is 21.9. The summed E-state index contributed by atoms with van der Waals surface area (Å²) in [6, 6.07) is 34.1. The molecule has 1 aliphatic rings. The van der Waals surface area contributed by atoms with Gasteiger partial charge in [-0.3, -0.25) is 0 Å². The van der Waals surface area contributed by atoms with Crippen molar-refractivity contribution in [2.24, 2.45) is 0 Å². The molecule has 0 bridgehead atoms. The van der Waals surface area contributed by atoms with Crippen LogP contribution in [0, 0.1) is 0 Å². The van der Waals surface area contributed by atoms with Crippen LogP contribution in [0.3, 0.4) is 0 Å². The van der Waals surface area contributed by atoms with Gasteiger partial charge >= 0.3 is 0 Å². The number of nitrogens with two attached hydrogens (primary N) is 1. The second kappa shape index (κ2) is 9.51. The predicted molar refractivity (Wildman–Crippen MR) is 153 cm³/mol. The van der Waals surface area contributed by atoms with Crippen molar-refractivity contribution in [3.63, 3.8) is 0 Å². The van der Waals surface area contributed by atoms with E-state index in [0.29, 0.717) is 11.1 Å². The first-order valence-electron chi connectivity index (χ1n) is 12.8. The van der Waals surface area contributed by atoms with E-state index in [0.717, 1.165) is 58.3 Å². The van der Waals surface area contributed by atoms with Crippen LogP contribution in [0.5, 0.6) is 11.5 Å². The largest absolute Gasteiger partial charge is 0.507 e. The maximum Gasteiger partial charge on any atom is 0.124 e. The lowest BCUT2D eigenvalue weighted by molar-refractivity contribution is 0.463. The van der Waals surface area contributed by atoms with E-state index < -0.39 is 0 Å². The minimum atomic E-state index is 0.168. The van der Waals surface area contributed by atoms with Gasteiger partial charge in [-0.15, -0.1) is 0 Å². The van der Waals surface area contributed by atoms with Gasteiger partial charge in [-0.1, -0.05) is 78.9 Å². The summed E-state index contributed by atoms with van der Waals surface area (Å²) < 4.78 is 0. The topological polar surface area (TPSA) is 66.5 Å².